The average Bonchev–Trinajstić information content (AvgIpc) is 2.64. The first-order valence-electron chi connectivity index (χ1n) is 3.38. The van der Waals surface area contributed by atoms with Gasteiger partial charge in [0.1, 0.15) is 0 Å². The van der Waals surface area contributed by atoms with Gasteiger partial charge in [-0.2, -0.15) is 8.78 Å². The number of alkyl halides is 2. The maximum atomic E-state index is 12.4. The summed E-state index contributed by atoms with van der Waals surface area (Å²) < 4.78 is 36.7. The van der Waals surface area contributed by atoms with Crippen molar-refractivity contribution >= 4 is 0 Å². The van der Waals surface area contributed by atoms with E-state index in [9.17, 15) is 13.2 Å². The molecule has 0 heterocycles. The normalized spacial score (nSPS) is 30.3. The zero-order chi connectivity index (χ0) is 7.35. The molecule has 0 nitrogen and oxygen atoms in total. The highest BCUT2D eigenvalue weighted by Crippen LogP contribution is 2.53. The third-order valence-electron chi connectivity index (χ3n) is 2.09. The molecule has 0 amide bonds. The van der Waals surface area contributed by atoms with E-state index in [1.165, 1.54) is 0 Å². The summed E-state index contributed by atoms with van der Waals surface area (Å²) in [6.07, 6.45) is 1.47. The summed E-state index contributed by atoms with van der Waals surface area (Å²) in [7, 11) is 0. The second-order valence-corrected chi connectivity index (χ2v) is 2.99. The van der Waals surface area contributed by atoms with Gasteiger partial charge in [-0.25, -0.2) is 4.39 Å². The highest BCUT2D eigenvalue weighted by atomic mass is 19.3. The smallest absolute Gasteiger partial charge is 0.205 e. The Hall–Kier alpha value is -0.470. The summed E-state index contributed by atoms with van der Waals surface area (Å²) in [5.74, 6) is -4.09. The van der Waals surface area contributed by atoms with Crippen LogP contribution in [0, 0.1) is 5.92 Å². The maximum absolute atomic E-state index is 12.4. The van der Waals surface area contributed by atoms with Crippen molar-refractivity contribution in [2.24, 2.45) is 5.92 Å². The Kier molecular flexibility index (Phi) is 0.984. The van der Waals surface area contributed by atoms with Gasteiger partial charge in [-0.05, 0) is 24.3 Å². The minimum absolute atomic E-state index is 0.166. The van der Waals surface area contributed by atoms with E-state index < -0.39 is 11.7 Å². The van der Waals surface area contributed by atoms with Crippen LogP contribution in [0.2, 0.25) is 0 Å². The molecule has 0 atom stereocenters. The maximum Gasteiger partial charge on any atom is 0.302 e. The van der Waals surface area contributed by atoms with Crippen LogP contribution in [0.1, 0.15) is 19.3 Å². The zero-order valence-electron chi connectivity index (χ0n) is 5.33. The lowest BCUT2D eigenvalue weighted by Crippen LogP contribution is -2.29. The van der Waals surface area contributed by atoms with Crippen molar-refractivity contribution in [2.75, 3.05) is 0 Å². The van der Waals surface area contributed by atoms with E-state index in [4.69, 9.17) is 0 Å². The highest BCUT2D eigenvalue weighted by Gasteiger charge is 2.51. The molecule has 0 N–H and O–H groups in total. The Bertz CT molecular complexity index is 201. The summed E-state index contributed by atoms with van der Waals surface area (Å²) >= 11 is 0. The molecule has 0 aromatic rings. The number of rotatable bonds is 1. The first kappa shape index (κ1) is 6.25. The van der Waals surface area contributed by atoms with E-state index >= 15 is 0 Å². The van der Waals surface area contributed by atoms with Gasteiger partial charge in [0.15, 0.2) is 5.83 Å². The van der Waals surface area contributed by atoms with Crippen molar-refractivity contribution in [1.82, 2.24) is 0 Å². The lowest BCUT2D eigenvalue weighted by Gasteiger charge is -2.27. The summed E-state index contributed by atoms with van der Waals surface area (Å²) in [5.41, 5.74) is 0.380. The second kappa shape index (κ2) is 1.57. The minimum Gasteiger partial charge on any atom is -0.205 e. The molecule has 2 rings (SSSR count). The number of halogens is 3. The van der Waals surface area contributed by atoms with Gasteiger partial charge >= 0.3 is 5.92 Å². The molecule has 0 aromatic carbocycles. The zero-order valence-corrected chi connectivity index (χ0v) is 5.33. The van der Waals surface area contributed by atoms with Crippen LogP contribution in [0.4, 0.5) is 13.2 Å². The predicted octanol–water partition coefficient (Wildman–Crippen LogP) is 2.66. The quantitative estimate of drug-likeness (QED) is 0.536. The van der Waals surface area contributed by atoms with E-state index in [-0.39, 0.29) is 12.3 Å². The van der Waals surface area contributed by atoms with Gasteiger partial charge < -0.3 is 0 Å². The summed E-state index contributed by atoms with van der Waals surface area (Å²) in [6, 6.07) is 0. The van der Waals surface area contributed by atoms with Crippen molar-refractivity contribution in [1.29, 1.82) is 0 Å². The molecular weight excluding hydrogens is 141 g/mol. The Labute approximate surface area is 56.7 Å². The number of allylic oxidation sites excluding steroid dienone is 2. The predicted molar refractivity (Wildman–Crippen MR) is 30.4 cm³/mol. The first-order chi connectivity index (χ1) is 4.61. The Balaban J connectivity index is 2.19. The Morgan fingerprint density at radius 3 is 2.20 bits per heavy atom. The molecule has 1 fully saturated rings. The minimum atomic E-state index is -3.11. The molecule has 3 heteroatoms. The average molecular weight is 148 g/mol. The van der Waals surface area contributed by atoms with Crippen LogP contribution < -0.4 is 0 Å². The van der Waals surface area contributed by atoms with E-state index in [1.54, 1.807) is 0 Å². The molecule has 0 aliphatic heterocycles. The molecule has 0 saturated heterocycles. The monoisotopic (exact) mass is 148 g/mol. The van der Waals surface area contributed by atoms with Crippen molar-refractivity contribution in [3.8, 4) is 0 Å². The van der Waals surface area contributed by atoms with Gasteiger partial charge in [0.05, 0.1) is 0 Å². The number of hydrogen-bond donors (Lipinski definition) is 0. The summed E-state index contributed by atoms with van der Waals surface area (Å²) in [4.78, 5) is 0. The molecule has 0 bridgehead atoms. The molecular formula is C7H7F3. The molecule has 0 radical (unpaired) electrons. The largest absolute Gasteiger partial charge is 0.302 e. The van der Waals surface area contributed by atoms with Gasteiger partial charge in [0.25, 0.3) is 0 Å². The molecule has 2 aliphatic carbocycles. The standard InChI is InChI=1S/C7H7F3/c8-6-5(4-1-2-4)3-7(6,9)10/h4H,1-3H2. The van der Waals surface area contributed by atoms with Crippen LogP contribution in [-0.2, 0) is 0 Å². The van der Waals surface area contributed by atoms with Crippen LogP contribution in [0.15, 0.2) is 11.4 Å². The lowest BCUT2D eigenvalue weighted by atomic mass is 9.89. The number of hydrogen-bond acceptors (Lipinski definition) is 0. The van der Waals surface area contributed by atoms with E-state index in [2.05, 4.69) is 0 Å². The van der Waals surface area contributed by atoms with Gasteiger partial charge in [-0.15, -0.1) is 0 Å². The SMILES string of the molecule is FC1=C(C2CC2)CC1(F)F. The van der Waals surface area contributed by atoms with E-state index in [0.29, 0.717) is 5.57 Å². The first-order valence-corrected chi connectivity index (χ1v) is 3.38. The highest BCUT2D eigenvalue weighted by molar-refractivity contribution is 5.33. The summed E-state index contributed by atoms with van der Waals surface area (Å²) in [6.45, 7) is 0. The van der Waals surface area contributed by atoms with Crippen molar-refractivity contribution in [2.45, 2.75) is 25.2 Å². The van der Waals surface area contributed by atoms with Crippen molar-refractivity contribution < 1.29 is 13.2 Å². The Morgan fingerprint density at radius 2 is 1.90 bits per heavy atom. The van der Waals surface area contributed by atoms with Crippen LogP contribution in [0.3, 0.4) is 0 Å². The molecule has 56 valence electrons. The van der Waals surface area contributed by atoms with E-state index in [0.717, 1.165) is 12.8 Å². The van der Waals surface area contributed by atoms with Crippen LogP contribution in [-0.4, -0.2) is 5.92 Å². The summed E-state index contributed by atoms with van der Waals surface area (Å²) in [5, 5.41) is 0. The van der Waals surface area contributed by atoms with Crippen LogP contribution in [0.25, 0.3) is 0 Å². The van der Waals surface area contributed by atoms with Crippen LogP contribution >= 0.6 is 0 Å². The van der Waals surface area contributed by atoms with Crippen LogP contribution in [0.5, 0.6) is 0 Å². The topological polar surface area (TPSA) is 0 Å². The fourth-order valence-electron chi connectivity index (χ4n) is 1.28. The molecule has 0 spiro atoms. The van der Waals surface area contributed by atoms with Crippen molar-refractivity contribution in [3.63, 3.8) is 0 Å². The third-order valence-corrected chi connectivity index (χ3v) is 2.09. The van der Waals surface area contributed by atoms with Gasteiger partial charge in [0.2, 0.25) is 0 Å². The molecule has 0 aromatic heterocycles. The van der Waals surface area contributed by atoms with Gasteiger partial charge in [-0.3, -0.25) is 0 Å². The fraction of sp³-hybridized carbons (Fsp3) is 0.714. The van der Waals surface area contributed by atoms with Crippen molar-refractivity contribution in [3.05, 3.63) is 11.4 Å². The lowest BCUT2D eigenvalue weighted by molar-refractivity contribution is -0.0121. The molecule has 10 heavy (non-hydrogen) atoms. The van der Waals surface area contributed by atoms with Gasteiger partial charge in [0, 0.05) is 6.42 Å². The Morgan fingerprint density at radius 1 is 1.30 bits per heavy atom. The second-order valence-electron chi connectivity index (χ2n) is 2.99. The van der Waals surface area contributed by atoms with E-state index in [1.807, 2.05) is 0 Å². The third kappa shape index (κ3) is 0.693. The molecule has 1 saturated carbocycles. The molecule has 2 aliphatic rings. The van der Waals surface area contributed by atoms with Gasteiger partial charge in [-0.1, -0.05) is 0 Å². The fourth-order valence-corrected chi connectivity index (χ4v) is 1.28. The molecule has 0 unspecified atom stereocenters.